The van der Waals surface area contributed by atoms with E-state index in [2.05, 4.69) is 10.3 Å². The molecular weight excluding hydrogens is 359 g/mol. The van der Waals surface area contributed by atoms with Crippen molar-refractivity contribution in [2.24, 2.45) is 0 Å². The van der Waals surface area contributed by atoms with Gasteiger partial charge >= 0.3 is 0 Å². The number of halogens is 1. The van der Waals surface area contributed by atoms with E-state index in [-0.39, 0.29) is 11.7 Å². The molecule has 6 heteroatoms. The fourth-order valence-electron chi connectivity index (χ4n) is 3.95. The molecule has 2 aromatic carbocycles. The molecule has 0 atom stereocenters. The lowest BCUT2D eigenvalue weighted by Gasteiger charge is -2.21. The molecule has 3 aromatic rings. The van der Waals surface area contributed by atoms with Crippen molar-refractivity contribution in [2.75, 3.05) is 5.32 Å². The minimum atomic E-state index is -0.529. The molecule has 1 spiro atoms. The first-order chi connectivity index (χ1) is 13.5. The van der Waals surface area contributed by atoms with E-state index < -0.39 is 5.79 Å². The number of hydrogen-bond acceptors (Lipinski definition) is 4. The molecule has 1 aliphatic heterocycles. The molecule has 1 amide bonds. The lowest BCUT2D eigenvalue weighted by molar-refractivity contribution is -0.0716. The topological polar surface area (TPSA) is 60.5 Å². The number of aromatic nitrogens is 1. The molecule has 2 aliphatic rings. The van der Waals surface area contributed by atoms with Crippen LogP contribution in [0.15, 0.2) is 42.5 Å². The highest BCUT2D eigenvalue weighted by molar-refractivity contribution is 6.06. The van der Waals surface area contributed by atoms with Gasteiger partial charge in [-0.3, -0.25) is 9.78 Å². The minimum Gasteiger partial charge on any atom is -0.448 e. The number of nitrogens with one attached hydrogen (secondary N) is 1. The van der Waals surface area contributed by atoms with Gasteiger partial charge in [0.1, 0.15) is 5.82 Å². The third-order valence-electron chi connectivity index (χ3n) is 5.37. The molecule has 0 unspecified atom stereocenters. The largest absolute Gasteiger partial charge is 0.448 e. The van der Waals surface area contributed by atoms with Gasteiger partial charge in [0.15, 0.2) is 11.5 Å². The van der Waals surface area contributed by atoms with Crippen LogP contribution in [0.2, 0.25) is 0 Å². The summed E-state index contributed by atoms with van der Waals surface area (Å²) in [5.74, 6) is 0.218. The van der Waals surface area contributed by atoms with Crippen LogP contribution in [0.25, 0.3) is 10.9 Å². The van der Waals surface area contributed by atoms with Gasteiger partial charge in [-0.2, -0.15) is 0 Å². The van der Waals surface area contributed by atoms with Gasteiger partial charge in [-0.15, -0.1) is 0 Å². The Bertz CT molecular complexity index is 1110. The van der Waals surface area contributed by atoms with Gasteiger partial charge in [0.25, 0.3) is 11.7 Å². The predicted octanol–water partition coefficient (Wildman–Crippen LogP) is 4.98. The van der Waals surface area contributed by atoms with Crippen molar-refractivity contribution in [3.8, 4) is 11.5 Å². The zero-order valence-corrected chi connectivity index (χ0v) is 15.4. The molecule has 0 saturated heterocycles. The highest BCUT2D eigenvalue weighted by atomic mass is 19.1. The van der Waals surface area contributed by atoms with Crippen LogP contribution in [-0.2, 0) is 0 Å². The van der Waals surface area contributed by atoms with Gasteiger partial charge < -0.3 is 14.8 Å². The van der Waals surface area contributed by atoms with Crippen LogP contribution >= 0.6 is 0 Å². The van der Waals surface area contributed by atoms with Crippen molar-refractivity contribution < 1.29 is 18.7 Å². The SMILES string of the molecule is Cc1nc2cc(F)ccc2cc1C(=O)Nc1ccc2c(c1)OC1(CCCC1)O2. The monoisotopic (exact) mass is 378 g/mol. The van der Waals surface area contributed by atoms with Crippen molar-refractivity contribution >= 4 is 22.5 Å². The normalized spacial score (nSPS) is 16.6. The van der Waals surface area contributed by atoms with Crippen LogP contribution in [0.4, 0.5) is 10.1 Å². The number of amides is 1. The summed E-state index contributed by atoms with van der Waals surface area (Å²) in [6.45, 7) is 1.74. The maximum Gasteiger partial charge on any atom is 0.257 e. The summed E-state index contributed by atoms with van der Waals surface area (Å²) in [6.07, 6.45) is 3.95. The van der Waals surface area contributed by atoms with Gasteiger partial charge in [-0.05, 0) is 50.1 Å². The maximum absolute atomic E-state index is 13.4. The Hall–Kier alpha value is -3.15. The Balaban J connectivity index is 1.40. The highest BCUT2D eigenvalue weighted by Gasteiger charge is 2.44. The number of benzene rings is 2. The number of aryl methyl sites for hydroxylation is 1. The minimum absolute atomic E-state index is 0.273. The van der Waals surface area contributed by atoms with Crippen LogP contribution in [0, 0.1) is 12.7 Å². The zero-order chi connectivity index (χ0) is 19.3. The second-order valence-electron chi connectivity index (χ2n) is 7.40. The number of anilines is 1. The van der Waals surface area contributed by atoms with Crippen LogP contribution in [0.1, 0.15) is 41.7 Å². The Kier molecular flexibility index (Phi) is 3.75. The quantitative estimate of drug-likeness (QED) is 0.683. The first-order valence-electron chi connectivity index (χ1n) is 9.42. The first-order valence-corrected chi connectivity index (χ1v) is 9.42. The van der Waals surface area contributed by atoms with Crippen molar-refractivity contribution in [2.45, 2.75) is 38.4 Å². The molecule has 1 N–H and O–H groups in total. The molecule has 5 rings (SSSR count). The fraction of sp³-hybridized carbons (Fsp3) is 0.273. The number of fused-ring (bicyclic) bond motifs is 2. The van der Waals surface area contributed by atoms with E-state index in [0.29, 0.717) is 39.3 Å². The van der Waals surface area contributed by atoms with E-state index in [1.807, 2.05) is 6.07 Å². The molecule has 2 heterocycles. The van der Waals surface area contributed by atoms with Crippen molar-refractivity contribution in [1.82, 2.24) is 4.98 Å². The van der Waals surface area contributed by atoms with Crippen molar-refractivity contribution in [3.63, 3.8) is 0 Å². The average molecular weight is 378 g/mol. The lowest BCUT2D eigenvalue weighted by Crippen LogP contribution is -2.34. The second-order valence-corrected chi connectivity index (χ2v) is 7.40. The van der Waals surface area contributed by atoms with Crippen molar-refractivity contribution in [3.05, 3.63) is 59.5 Å². The summed E-state index contributed by atoms with van der Waals surface area (Å²) >= 11 is 0. The fourth-order valence-corrected chi connectivity index (χ4v) is 3.95. The van der Waals surface area contributed by atoms with Gasteiger partial charge in [-0.25, -0.2) is 4.39 Å². The summed E-state index contributed by atoms with van der Waals surface area (Å²) in [5, 5.41) is 3.61. The van der Waals surface area contributed by atoms with E-state index in [4.69, 9.17) is 9.47 Å². The molecule has 5 nitrogen and oxygen atoms in total. The molecule has 1 fully saturated rings. The summed E-state index contributed by atoms with van der Waals surface area (Å²) in [5.41, 5.74) is 2.14. The molecule has 142 valence electrons. The highest BCUT2D eigenvalue weighted by Crippen LogP contribution is 2.47. The maximum atomic E-state index is 13.4. The smallest absolute Gasteiger partial charge is 0.257 e. The summed E-state index contributed by atoms with van der Waals surface area (Å²) in [6, 6.07) is 11.5. The van der Waals surface area contributed by atoms with E-state index >= 15 is 0 Å². The van der Waals surface area contributed by atoms with Crippen LogP contribution < -0.4 is 14.8 Å². The standard InChI is InChI=1S/C22H19FN2O3/c1-13-17(10-14-4-5-15(23)11-18(14)24-13)21(26)25-16-6-7-19-20(12-16)28-22(27-19)8-2-3-9-22/h4-7,10-12H,2-3,8-9H2,1H3,(H,25,26). The number of hydrogen-bond donors (Lipinski definition) is 1. The van der Waals surface area contributed by atoms with E-state index in [9.17, 15) is 9.18 Å². The number of ether oxygens (including phenoxy) is 2. The van der Waals surface area contributed by atoms with Gasteiger partial charge in [0.2, 0.25) is 0 Å². The van der Waals surface area contributed by atoms with Crippen LogP contribution in [0.3, 0.4) is 0 Å². The zero-order valence-electron chi connectivity index (χ0n) is 15.4. The summed E-state index contributed by atoms with van der Waals surface area (Å²) in [7, 11) is 0. The van der Waals surface area contributed by atoms with Gasteiger partial charge in [0.05, 0.1) is 16.8 Å². The molecular formula is C22H19FN2O3. The lowest BCUT2D eigenvalue weighted by atomic mass is 10.1. The van der Waals surface area contributed by atoms with E-state index in [1.165, 1.54) is 12.1 Å². The number of rotatable bonds is 2. The first kappa shape index (κ1) is 17.0. The molecule has 1 aromatic heterocycles. The Morgan fingerprint density at radius 1 is 1.07 bits per heavy atom. The Morgan fingerprint density at radius 2 is 1.86 bits per heavy atom. The molecule has 0 radical (unpaired) electrons. The third kappa shape index (κ3) is 2.85. The van der Waals surface area contributed by atoms with Gasteiger partial charge in [0, 0.05) is 36.0 Å². The summed E-state index contributed by atoms with van der Waals surface area (Å²) < 4.78 is 25.4. The number of nitrogens with zero attached hydrogens (tertiary/aromatic N) is 1. The van der Waals surface area contributed by atoms with Crippen LogP contribution in [0.5, 0.6) is 11.5 Å². The van der Waals surface area contributed by atoms with E-state index in [0.717, 1.165) is 25.7 Å². The molecule has 1 saturated carbocycles. The number of carbonyl (C=O) groups excluding carboxylic acids is 1. The molecule has 1 aliphatic carbocycles. The van der Waals surface area contributed by atoms with Crippen molar-refractivity contribution in [1.29, 1.82) is 0 Å². The Morgan fingerprint density at radius 3 is 2.68 bits per heavy atom. The van der Waals surface area contributed by atoms with E-state index in [1.54, 1.807) is 31.2 Å². The molecule has 28 heavy (non-hydrogen) atoms. The number of carbonyl (C=O) groups is 1. The molecule has 0 bridgehead atoms. The predicted molar refractivity (Wildman–Crippen MR) is 103 cm³/mol. The summed E-state index contributed by atoms with van der Waals surface area (Å²) in [4.78, 5) is 17.2. The Labute approximate surface area is 161 Å². The second kappa shape index (κ2) is 6.19. The number of pyridine rings is 1. The average Bonchev–Trinajstić information content (AvgIpc) is 3.26. The van der Waals surface area contributed by atoms with Gasteiger partial charge in [-0.1, -0.05) is 0 Å². The third-order valence-corrected chi connectivity index (χ3v) is 5.37. The van der Waals surface area contributed by atoms with Crippen LogP contribution in [-0.4, -0.2) is 16.7 Å².